The fourth-order valence-electron chi connectivity index (χ4n) is 2.60. The minimum absolute atomic E-state index is 0.374. The minimum Gasteiger partial charge on any atom is -0.310 e. The molecule has 0 amide bonds. The summed E-state index contributed by atoms with van der Waals surface area (Å²) in [7, 11) is 2.42. The topological polar surface area (TPSA) is 3.24 Å². The molecule has 0 spiro atoms. The number of hydrogen-bond acceptors (Lipinski definition) is 1. The van der Waals surface area contributed by atoms with Crippen LogP contribution in [0.25, 0.3) is 0 Å². The monoisotopic (exact) mass is 213 g/mol. The Morgan fingerprint density at radius 3 is 2.20 bits per heavy atom. The molecule has 15 heavy (non-hydrogen) atoms. The average molecular weight is 213 g/mol. The van der Waals surface area contributed by atoms with Gasteiger partial charge in [-0.2, -0.15) is 0 Å². The van der Waals surface area contributed by atoms with Crippen molar-refractivity contribution in [2.75, 3.05) is 26.8 Å². The van der Waals surface area contributed by atoms with Gasteiger partial charge < -0.3 is 4.48 Å². The summed E-state index contributed by atoms with van der Waals surface area (Å²) in [5.41, 5.74) is 0.374. The maximum absolute atomic E-state index is 2.69. The molecular formula is C13H29N2+. The average Bonchev–Trinajstić information content (AvgIpc) is 2.57. The maximum atomic E-state index is 2.69. The van der Waals surface area contributed by atoms with Crippen LogP contribution in [-0.4, -0.2) is 47.8 Å². The lowest BCUT2D eigenvalue weighted by Gasteiger charge is -2.36. The van der Waals surface area contributed by atoms with E-state index in [-0.39, 0.29) is 0 Å². The molecule has 0 radical (unpaired) electrons. The van der Waals surface area contributed by atoms with Gasteiger partial charge in [0.05, 0.1) is 20.1 Å². The van der Waals surface area contributed by atoms with Crippen molar-refractivity contribution in [3.05, 3.63) is 0 Å². The van der Waals surface area contributed by atoms with Crippen LogP contribution in [0.15, 0.2) is 0 Å². The van der Waals surface area contributed by atoms with Crippen LogP contribution in [0, 0.1) is 0 Å². The summed E-state index contributed by atoms with van der Waals surface area (Å²) in [6, 6.07) is 0.834. The van der Waals surface area contributed by atoms with Gasteiger partial charge >= 0.3 is 0 Å². The van der Waals surface area contributed by atoms with Crippen molar-refractivity contribution in [3.8, 4) is 0 Å². The summed E-state index contributed by atoms with van der Waals surface area (Å²) >= 11 is 0. The molecule has 0 aromatic carbocycles. The molecule has 2 nitrogen and oxygen atoms in total. The van der Waals surface area contributed by atoms with Crippen LogP contribution in [0.1, 0.15) is 47.5 Å². The number of hydrogen-bond donors (Lipinski definition) is 0. The van der Waals surface area contributed by atoms with E-state index in [1.54, 1.807) is 0 Å². The molecule has 90 valence electrons. The van der Waals surface area contributed by atoms with Crippen LogP contribution >= 0.6 is 0 Å². The Morgan fingerprint density at radius 1 is 1.27 bits per heavy atom. The van der Waals surface area contributed by atoms with E-state index in [9.17, 15) is 0 Å². The van der Waals surface area contributed by atoms with Crippen molar-refractivity contribution >= 4 is 0 Å². The van der Waals surface area contributed by atoms with E-state index in [1.807, 2.05) is 0 Å². The lowest BCUT2D eigenvalue weighted by Crippen LogP contribution is -2.50. The number of nitrogens with zero attached hydrogens (tertiary/aromatic N) is 2. The molecular weight excluding hydrogens is 184 g/mol. The van der Waals surface area contributed by atoms with E-state index in [2.05, 4.69) is 46.6 Å². The number of rotatable bonds is 4. The Labute approximate surface area is 95.8 Å². The zero-order valence-corrected chi connectivity index (χ0v) is 11.5. The Kier molecular flexibility index (Phi) is 3.83. The number of likely N-dealkylation sites (N-methyl/N-ethyl adjacent to an activating group) is 1. The molecule has 0 N–H and O–H groups in total. The molecule has 0 aromatic rings. The van der Waals surface area contributed by atoms with Gasteiger partial charge in [0.1, 0.15) is 12.7 Å². The van der Waals surface area contributed by atoms with Gasteiger partial charge in [-0.15, -0.1) is 0 Å². The first-order valence-corrected chi connectivity index (χ1v) is 6.49. The Morgan fingerprint density at radius 2 is 1.87 bits per heavy atom. The quantitative estimate of drug-likeness (QED) is 0.649. The molecule has 1 heterocycles. The summed E-state index contributed by atoms with van der Waals surface area (Å²) in [5.74, 6) is 0. The van der Waals surface area contributed by atoms with E-state index >= 15 is 0 Å². The summed E-state index contributed by atoms with van der Waals surface area (Å²) in [6.45, 7) is 15.5. The lowest BCUT2D eigenvalue weighted by molar-refractivity contribution is -0.923. The van der Waals surface area contributed by atoms with Crippen molar-refractivity contribution in [3.63, 3.8) is 0 Å². The van der Waals surface area contributed by atoms with Crippen LogP contribution in [0.4, 0.5) is 0 Å². The highest BCUT2D eigenvalue weighted by Gasteiger charge is 2.44. The van der Waals surface area contributed by atoms with Crippen molar-refractivity contribution in [1.29, 1.82) is 0 Å². The molecule has 0 aliphatic carbocycles. The first-order chi connectivity index (χ1) is 6.89. The first kappa shape index (κ1) is 13.0. The predicted molar refractivity (Wildman–Crippen MR) is 66.7 cm³/mol. The summed E-state index contributed by atoms with van der Waals surface area (Å²) in [5, 5.41) is 0. The molecule has 2 heteroatoms. The van der Waals surface area contributed by atoms with Gasteiger partial charge in [0.25, 0.3) is 0 Å². The van der Waals surface area contributed by atoms with E-state index < -0.39 is 0 Å². The van der Waals surface area contributed by atoms with E-state index in [1.165, 1.54) is 37.1 Å². The first-order valence-electron chi connectivity index (χ1n) is 6.49. The molecule has 1 aliphatic heterocycles. The van der Waals surface area contributed by atoms with Crippen LogP contribution in [0.3, 0.4) is 0 Å². The molecule has 0 saturated carbocycles. The Balaban J connectivity index is 2.77. The third-order valence-electron chi connectivity index (χ3n) is 4.72. The largest absolute Gasteiger partial charge is 0.310 e. The number of quaternary nitrogens is 1. The van der Waals surface area contributed by atoms with Gasteiger partial charge in [-0.3, -0.25) is 0 Å². The van der Waals surface area contributed by atoms with E-state index in [0.29, 0.717) is 5.54 Å². The molecule has 0 aromatic heterocycles. The fraction of sp³-hybridized carbons (Fsp3) is 1.00. The molecule has 1 fully saturated rings. The normalized spacial score (nSPS) is 33.6. The highest BCUT2D eigenvalue weighted by atomic mass is 15.5. The molecule has 1 rings (SSSR count). The molecule has 0 bridgehead atoms. The lowest BCUT2D eigenvalue weighted by atomic mass is 10.00. The van der Waals surface area contributed by atoms with Crippen LogP contribution in [0.5, 0.6) is 0 Å². The van der Waals surface area contributed by atoms with Gasteiger partial charge in [-0.1, -0.05) is 13.8 Å². The van der Waals surface area contributed by atoms with Crippen LogP contribution in [0.2, 0.25) is 0 Å². The zero-order valence-electron chi connectivity index (χ0n) is 11.5. The molecule has 2 atom stereocenters. The van der Waals surface area contributed by atoms with Crippen molar-refractivity contribution in [2.45, 2.75) is 59.0 Å². The van der Waals surface area contributed by atoms with Crippen molar-refractivity contribution < 1.29 is 4.48 Å². The second-order valence-electron chi connectivity index (χ2n) is 5.89. The summed E-state index contributed by atoms with van der Waals surface area (Å²) in [6.07, 6.45) is 2.55. The predicted octanol–water partition coefficient (Wildman–Crippen LogP) is 2.69. The van der Waals surface area contributed by atoms with Crippen molar-refractivity contribution in [1.82, 2.24) is 4.90 Å². The molecule has 1 aliphatic rings. The molecule has 1 unspecified atom stereocenters. The Bertz CT molecular complexity index is 213. The second kappa shape index (κ2) is 4.42. The summed E-state index contributed by atoms with van der Waals surface area (Å²) < 4.78 is 1.24. The van der Waals surface area contributed by atoms with E-state index in [4.69, 9.17) is 0 Å². The van der Waals surface area contributed by atoms with Crippen LogP contribution in [-0.2, 0) is 0 Å². The van der Waals surface area contributed by atoms with Gasteiger partial charge in [0.15, 0.2) is 0 Å². The minimum atomic E-state index is 0.374. The molecule has 1 saturated heterocycles. The third-order valence-corrected chi connectivity index (χ3v) is 4.72. The van der Waals surface area contributed by atoms with Gasteiger partial charge in [-0.25, -0.2) is 4.90 Å². The van der Waals surface area contributed by atoms with Crippen molar-refractivity contribution in [2.24, 2.45) is 0 Å². The Hall–Kier alpha value is -0.0800. The highest BCUT2D eigenvalue weighted by Crippen LogP contribution is 2.30. The fourth-order valence-corrected chi connectivity index (χ4v) is 2.60. The van der Waals surface area contributed by atoms with Gasteiger partial charge in [0.2, 0.25) is 0 Å². The van der Waals surface area contributed by atoms with Crippen LogP contribution < -0.4 is 0 Å². The third kappa shape index (κ3) is 2.36. The maximum Gasteiger partial charge on any atom is 0.135 e. The smallest absolute Gasteiger partial charge is 0.135 e. The van der Waals surface area contributed by atoms with Gasteiger partial charge in [0, 0.05) is 5.54 Å². The zero-order chi connectivity index (χ0) is 11.7. The standard InChI is InChI=1S/C13H29N2/c1-7-12-10-14(13(4,5)8-2)11-15(12,6)9-3/h12H,7-11H2,1-6H3/q+1/t12?,15-/m0/s1. The highest BCUT2D eigenvalue weighted by molar-refractivity contribution is 4.84. The second-order valence-corrected chi connectivity index (χ2v) is 5.89. The SMILES string of the molecule is CCC1CN(C(C)(C)CC)C[N@+]1(C)CC. The van der Waals surface area contributed by atoms with E-state index in [0.717, 1.165) is 6.04 Å². The van der Waals surface area contributed by atoms with Gasteiger partial charge in [-0.05, 0) is 33.6 Å². The summed E-state index contributed by atoms with van der Waals surface area (Å²) in [4.78, 5) is 2.69.